The van der Waals surface area contributed by atoms with Crippen molar-refractivity contribution in [2.45, 2.75) is 99.5 Å². The van der Waals surface area contributed by atoms with E-state index in [-0.39, 0.29) is 0 Å². The molecule has 0 radical (unpaired) electrons. The fourth-order valence-electron chi connectivity index (χ4n) is 7.20. The molecule has 1 fully saturated rings. The third-order valence-corrected chi connectivity index (χ3v) is 10.1. The van der Waals surface area contributed by atoms with E-state index in [9.17, 15) is 5.26 Å². The number of likely N-dealkylation sites (tertiary alicyclic amines) is 1. The molecule has 2 aliphatic heterocycles. The Kier molecular flexibility index (Phi) is 13.2. The van der Waals surface area contributed by atoms with Crippen LogP contribution in [0.5, 0.6) is 0 Å². The standard InChI is InChI=1S/C40H41N5.C6H14/c1-6-12-31-19-29(7-2)24-42-40(31)28(5)43-37-16-11-14-34(27(37)4)33-13-10-15-35(26(33)3)39-22-36-32(23-41)20-30(21-38(36)44-39)25-45-17-8-9-18-45;1-3-5-6-4-2/h6,10-16,19-21,24,43H,5,7-9,17-18,22,25H2,1-4H3;3-6H2,1-2H3/b12-6-;. The van der Waals surface area contributed by atoms with Crippen LogP contribution in [0.25, 0.3) is 22.9 Å². The molecule has 0 amide bonds. The first-order valence-corrected chi connectivity index (χ1v) is 18.9. The molecule has 264 valence electrons. The van der Waals surface area contributed by atoms with Gasteiger partial charge in [0.1, 0.15) is 0 Å². The van der Waals surface area contributed by atoms with Crippen molar-refractivity contribution in [1.82, 2.24) is 9.88 Å². The summed E-state index contributed by atoms with van der Waals surface area (Å²) < 4.78 is 0. The van der Waals surface area contributed by atoms with Gasteiger partial charge < -0.3 is 5.32 Å². The highest BCUT2D eigenvalue weighted by Crippen LogP contribution is 2.37. The van der Waals surface area contributed by atoms with Crippen LogP contribution in [0.4, 0.5) is 11.4 Å². The molecule has 3 heterocycles. The van der Waals surface area contributed by atoms with Gasteiger partial charge in [0.2, 0.25) is 0 Å². The van der Waals surface area contributed by atoms with Crippen molar-refractivity contribution >= 4 is 28.9 Å². The molecule has 0 unspecified atom stereocenters. The minimum Gasteiger partial charge on any atom is -0.354 e. The molecule has 0 atom stereocenters. The number of benzene rings is 3. The maximum Gasteiger partial charge on any atom is 0.0995 e. The Morgan fingerprint density at radius 1 is 0.922 bits per heavy atom. The number of unbranched alkanes of at least 4 members (excludes halogenated alkanes) is 3. The van der Waals surface area contributed by atoms with Crippen molar-refractivity contribution in [2.75, 3.05) is 18.4 Å². The summed E-state index contributed by atoms with van der Waals surface area (Å²) in [5.74, 6) is 0. The van der Waals surface area contributed by atoms with E-state index in [2.05, 4.69) is 118 Å². The van der Waals surface area contributed by atoms with E-state index in [4.69, 9.17) is 9.98 Å². The summed E-state index contributed by atoms with van der Waals surface area (Å²) >= 11 is 0. The van der Waals surface area contributed by atoms with Crippen LogP contribution in [0.15, 0.2) is 78.4 Å². The number of nitrogens with zero attached hydrogens (tertiary/aromatic N) is 4. The van der Waals surface area contributed by atoms with E-state index in [1.165, 1.54) is 60.8 Å². The molecule has 0 saturated carbocycles. The second-order valence-electron chi connectivity index (χ2n) is 13.9. The highest BCUT2D eigenvalue weighted by atomic mass is 15.1. The van der Waals surface area contributed by atoms with Crippen LogP contribution in [0.3, 0.4) is 0 Å². The Morgan fingerprint density at radius 3 is 2.27 bits per heavy atom. The highest BCUT2D eigenvalue weighted by Gasteiger charge is 2.24. The lowest BCUT2D eigenvalue weighted by molar-refractivity contribution is 0.331. The molecule has 1 aromatic heterocycles. The summed E-state index contributed by atoms with van der Waals surface area (Å²) in [5, 5.41) is 13.6. The quantitative estimate of drug-likeness (QED) is 0.152. The van der Waals surface area contributed by atoms with Gasteiger partial charge in [-0.25, -0.2) is 0 Å². The molecule has 3 aromatic carbocycles. The van der Waals surface area contributed by atoms with Gasteiger partial charge in [-0.05, 0) is 116 Å². The second-order valence-corrected chi connectivity index (χ2v) is 13.9. The van der Waals surface area contributed by atoms with Crippen LogP contribution in [0.1, 0.15) is 116 Å². The van der Waals surface area contributed by atoms with Crippen molar-refractivity contribution in [2.24, 2.45) is 4.99 Å². The predicted octanol–water partition coefficient (Wildman–Crippen LogP) is 11.8. The van der Waals surface area contributed by atoms with Gasteiger partial charge in [-0.15, -0.1) is 0 Å². The molecule has 0 bridgehead atoms. The zero-order valence-electron chi connectivity index (χ0n) is 31.7. The van der Waals surface area contributed by atoms with Gasteiger partial charge in [0, 0.05) is 36.0 Å². The fraction of sp³-hybridized carbons (Fsp3) is 0.370. The van der Waals surface area contributed by atoms with Gasteiger partial charge in [0.05, 0.1) is 34.4 Å². The van der Waals surface area contributed by atoms with Crippen LogP contribution in [0.2, 0.25) is 0 Å². The number of aryl methyl sites for hydroxylation is 1. The summed E-state index contributed by atoms with van der Waals surface area (Å²) in [6.45, 7) is 20.5. The average molecular weight is 678 g/mol. The lowest BCUT2D eigenvalue weighted by Gasteiger charge is -2.18. The Balaban J connectivity index is 0.000000774. The zero-order chi connectivity index (χ0) is 36.3. The second kappa shape index (κ2) is 17.9. The number of fused-ring (bicyclic) bond motifs is 1. The van der Waals surface area contributed by atoms with Gasteiger partial charge in [0.15, 0.2) is 0 Å². The van der Waals surface area contributed by atoms with E-state index in [1.54, 1.807) is 0 Å². The van der Waals surface area contributed by atoms with Crippen LogP contribution in [-0.2, 0) is 19.4 Å². The van der Waals surface area contributed by atoms with E-state index in [0.717, 1.165) is 87.9 Å². The molecule has 51 heavy (non-hydrogen) atoms. The van der Waals surface area contributed by atoms with E-state index in [1.807, 2.05) is 19.2 Å². The number of nitrogens with one attached hydrogen (secondary N) is 1. The predicted molar refractivity (Wildman–Crippen MR) is 218 cm³/mol. The smallest absolute Gasteiger partial charge is 0.0995 e. The topological polar surface area (TPSA) is 64.3 Å². The number of hydrogen-bond donors (Lipinski definition) is 1. The normalized spacial score (nSPS) is 13.8. The van der Waals surface area contributed by atoms with Crippen LogP contribution in [0, 0.1) is 25.2 Å². The third kappa shape index (κ3) is 8.93. The highest BCUT2D eigenvalue weighted by molar-refractivity contribution is 6.09. The first-order valence-electron chi connectivity index (χ1n) is 18.9. The summed E-state index contributed by atoms with van der Waals surface area (Å²) in [6.07, 6.45) is 15.7. The number of nitriles is 1. The Hall–Kier alpha value is -4.79. The third-order valence-electron chi connectivity index (χ3n) is 10.1. The van der Waals surface area contributed by atoms with Crippen molar-refractivity contribution in [1.29, 1.82) is 5.26 Å². The summed E-state index contributed by atoms with van der Waals surface area (Å²) in [6, 6.07) is 21.7. The molecule has 1 N–H and O–H groups in total. The van der Waals surface area contributed by atoms with Crippen molar-refractivity contribution in [3.8, 4) is 17.2 Å². The summed E-state index contributed by atoms with van der Waals surface area (Å²) in [5.41, 5.74) is 15.6. The first kappa shape index (κ1) is 37.5. The first-order chi connectivity index (χ1) is 24.8. The molecule has 6 rings (SSSR count). The van der Waals surface area contributed by atoms with Gasteiger partial charge in [0.25, 0.3) is 0 Å². The Morgan fingerprint density at radius 2 is 1.61 bits per heavy atom. The largest absolute Gasteiger partial charge is 0.354 e. The average Bonchev–Trinajstić information content (AvgIpc) is 3.82. The number of hydrogen-bond acceptors (Lipinski definition) is 5. The SMILES string of the molecule is C=C(Nc1cccc(-c2cccc(C3=Nc4cc(CN5CCCC5)cc(C#N)c4C3)c2C)c1C)c1ncc(CC)cc1/C=C\C.CCCCCC. The fourth-order valence-corrected chi connectivity index (χ4v) is 7.20. The van der Waals surface area contributed by atoms with Crippen LogP contribution < -0.4 is 5.32 Å². The Bertz CT molecular complexity index is 1950. The van der Waals surface area contributed by atoms with E-state index < -0.39 is 0 Å². The molecule has 5 heteroatoms. The maximum atomic E-state index is 10.0. The van der Waals surface area contributed by atoms with Crippen LogP contribution in [-0.4, -0.2) is 28.7 Å². The van der Waals surface area contributed by atoms with Gasteiger partial charge in [-0.3, -0.25) is 14.9 Å². The molecule has 1 saturated heterocycles. The number of rotatable bonds is 12. The zero-order valence-corrected chi connectivity index (χ0v) is 31.7. The molecule has 2 aliphatic rings. The molecule has 0 aliphatic carbocycles. The monoisotopic (exact) mass is 677 g/mol. The number of pyridine rings is 1. The molecular weight excluding hydrogens is 623 g/mol. The van der Waals surface area contributed by atoms with Crippen molar-refractivity contribution < 1.29 is 0 Å². The lowest BCUT2D eigenvalue weighted by atomic mass is 9.90. The van der Waals surface area contributed by atoms with Crippen LogP contribution >= 0.6 is 0 Å². The van der Waals surface area contributed by atoms with E-state index in [0.29, 0.717) is 6.42 Å². The number of allylic oxidation sites excluding steroid dienone is 1. The molecule has 0 spiro atoms. The molecule has 4 aromatic rings. The van der Waals surface area contributed by atoms with Gasteiger partial charge in [-0.2, -0.15) is 5.26 Å². The summed E-state index contributed by atoms with van der Waals surface area (Å²) in [4.78, 5) is 12.3. The number of anilines is 1. The van der Waals surface area contributed by atoms with Crippen molar-refractivity contribution in [3.63, 3.8) is 0 Å². The minimum absolute atomic E-state index is 0.672. The molecular formula is C46H55N5. The number of aliphatic imine (C=N–C) groups is 1. The minimum atomic E-state index is 0.672. The lowest BCUT2D eigenvalue weighted by Crippen LogP contribution is -2.18. The maximum absolute atomic E-state index is 10.0. The van der Waals surface area contributed by atoms with Gasteiger partial charge in [-0.1, -0.05) is 95.5 Å². The molecule has 5 nitrogen and oxygen atoms in total. The Labute approximate surface area is 306 Å². The van der Waals surface area contributed by atoms with E-state index >= 15 is 0 Å². The van der Waals surface area contributed by atoms with Gasteiger partial charge >= 0.3 is 0 Å². The van der Waals surface area contributed by atoms with Crippen molar-refractivity contribution in [3.05, 3.63) is 124 Å². The summed E-state index contributed by atoms with van der Waals surface area (Å²) in [7, 11) is 0. The number of aromatic nitrogens is 1.